The minimum absolute atomic E-state index is 0.548. The highest BCUT2D eigenvalue weighted by molar-refractivity contribution is 5.05. The zero-order chi connectivity index (χ0) is 9.10. The summed E-state index contributed by atoms with van der Waals surface area (Å²) in [4.78, 5) is 0. The third-order valence-electron chi connectivity index (χ3n) is 2.50. The van der Waals surface area contributed by atoms with Crippen LogP contribution < -0.4 is 11.1 Å². The number of hydrogen-bond donors (Lipinski definition) is 2. The molecule has 0 bridgehead atoms. The maximum Gasteiger partial charge on any atom is 0.0655 e. The van der Waals surface area contributed by atoms with E-state index in [0.717, 1.165) is 19.5 Å². The molecule has 1 unspecified atom stereocenters. The molecule has 0 aromatic carbocycles. The van der Waals surface area contributed by atoms with Gasteiger partial charge in [0.2, 0.25) is 0 Å². The van der Waals surface area contributed by atoms with Crippen LogP contribution in [-0.4, -0.2) is 29.4 Å². The Kier molecular flexibility index (Phi) is 2.61. The Morgan fingerprint density at radius 1 is 1.69 bits per heavy atom. The highest BCUT2D eigenvalue weighted by Gasteiger charge is 2.16. The van der Waals surface area contributed by atoms with E-state index in [0.29, 0.717) is 12.6 Å². The van der Waals surface area contributed by atoms with Crippen LogP contribution in [0, 0.1) is 0 Å². The molecule has 0 spiro atoms. The molecule has 1 aromatic rings. The Bertz CT molecular complexity index is 262. The summed E-state index contributed by atoms with van der Waals surface area (Å²) in [6.45, 7) is 2.86. The van der Waals surface area contributed by atoms with Crippen molar-refractivity contribution in [2.45, 2.75) is 18.9 Å². The molecule has 72 valence electrons. The number of nitrogens with two attached hydrogens (primary N) is 1. The van der Waals surface area contributed by atoms with Crippen molar-refractivity contribution in [2.75, 3.05) is 19.6 Å². The van der Waals surface area contributed by atoms with Crippen molar-refractivity contribution >= 4 is 0 Å². The lowest BCUT2D eigenvalue weighted by atomic mass is 10.2. The van der Waals surface area contributed by atoms with E-state index in [2.05, 4.69) is 21.3 Å². The Balaban J connectivity index is 2.03. The molecule has 1 aliphatic heterocycles. The van der Waals surface area contributed by atoms with Gasteiger partial charge in [-0.2, -0.15) is 5.10 Å². The minimum atomic E-state index is 0.548. The molecule has 0 radical (unpaired) electrons. The van der Waals surface area contributed by atoms with Gasteiger partial charge in [-0.1, -0.05) is 0 Å². The second-order valence-electron chi connectivity index (χ2n) is 3.51. The van der Waals surface area contributed by atoms with Crippen molar-refractivity contribution in [3.05, 3.63) is 18.0 Å². The molecule has 1 atom stereocenters. The third-order valence-corrected chi connectivity index (χ3v) is 2.50. The van der Waals surface area contributed by atoms with Crippen molar-refractivity contribution in [3.63, 3.8) is 0 Å². The highest BCUT2D eigenvalue weighted by atomic mass is 15.3. The van der Waals surface area contributed by atoms with Crippen LogP contribution in [0.2, 0.25) is 0 Å². The molecule has 0 aliphatic carbocycles. The Labute approximate surface area is 78.1 Å². The standard InChI is InChI=1S/C9H16N4/c10-3-1-8-5-12-13(7-8)9-2-4-11-6-9/h5,7,9,11H,1-4,6,10H2. The van der Waals surface area contributed by atoms with E-state index >= 15 is 0 Å². The van der Waals surface area contributed by atoms with E-state index in [1.54, 1.807) is 0 Å². The van der Waals surface area contributed by atoms with Crippen LogP contribution in [0.1, 0.15) is 18.0 Å². The average molecular weight is 180 g/mol. The fourth-order valence-corrected chi connectivity index (χ4v) is 1.74. The summed E-state index contributed by atoms with van der Waals surface area (Å²) in [6.07, 6.45) is 6.15. The molecule has 1 saturated heterocycles. The van der Waals surface area contributed by atoms with Crippen LogP contribution in [-0.2, 0) is 6.42 Å². The van der Waals surface area contributed by atoms with Gasteiger partial charge in [0.15, 0.2) is 0 Å². The molecule has 13 heavy (non-hydrogen) atoms. The van der Waals surface area contributed by atoms with Gasteiger partial charge in [0.05, 0.1) is 12.2 Å². The lowest BCUT2D eigenvalue weighted by Crippen LogP contribution is -2.13. The molecule has 1 aliphatic rings. The summed E-state index contributed by atoms with van der Waals surface area (Å²) in [5.74, 6) is 0. The summed E-state index contributed by atoms with van der Waals surface area (Å²) in [6, 6.07) is 0.548. The van der Waals surface area contributed by atoms with Crippen molar-refractivity contribution in [3.8, 4) is 0 Å². The topological polar surface area (TPSA) is 55.9 Å². The van der Waals surface area contributed by atoms with Gasteiger partial charge in [-0.15, -0.1) is 0 Å². The first-order chi connectivity index (χ1) is 6.40. The van der Waals surface area contributed by atoms with Crippen LogP contribution in [0.15, 0.2) is 12.4 Å². The first-order valence-electron chi connectivity index (χ1n) is 4.84. The van der Waals surface area contributed by atoms with Crippen LogP contribution in [0.5, 0.6) is 0 Å². The number of nitrogens with zero attached hydrogens (tertiary/aromatic N) is 2. The predicted molar refractivity (Wildman–Crippen MR) is 51.5 cm³/mol. The van der Waals surface area contributed by atoms with E-state index in [-0.39, 0.29) is 0 Å². The molecule has 2 rings (SSSR count). The molecule has 3 N–H and O–H groups in total. The average Bonchev–Trinajstić information content (AvgIpc) is 2.70. The van der Waals surface area contributed by atoms with Gasteiger partial charge >= 0.3 is 0 Å². The number of aromatic nitrogens is 2. The Hall–Kier alpha value is -0.870. The summed E-state index contributed by atoms with van der Waals surface area (Å²) in [5.41, 5.74) is 6.72. The van der Waals surface area contributed by atoms with Gasteiger partial charge < -0.3 is 11.1 Å². The second kappa shape index (κ2) is 3.89. The van der Waals surface area contributed by atoms with Gasteiger partial charge in [0, 0.05) is 12.7 Å². The van der Waals surface area contributed by atoms with E-state index in [9.17, 15) is 0 Å². The lowest BCUT2D eigenvalue weighted by molar-refractivity contribution is 0.490. The molecule has 1 fully saturated rings. The SMILES string of the molecule is NCCc1cnn(C2CCNC2)c1. The van der Waals surface area contributed by atoms with E-state index in [4.69, 9.17) is 5.73 Å². The number of nitrogens with one attached hydrogen (secondary N) is 1. The molecule has 0 saturated carbocycles. The first kappa shape index (κ1) is 8.72. The van der Waals surface area contributed by atoms with Crippen molar-refractivity contribution in [2.24, 2.45) is 5.73 Å². The van der Waals surface area contributed by atoms with Gasteiger partial charge in [-0.3, -0.25) is 4.68 Å². The molecular formula is C9H16N4. The Morgan fingerprint density at radius 2 is 2.62 bits per heavy atom. The first-order valence-corrected chi connectivity index (χ1v) is 4.84. The molecule has 4 heteroatoms. The highest BCUT2D eigenvalue weighted by Crippen LogP contribution is 2.14. The fraction of sp³-hybridized carbons (Fsp3) is 0.667. The number of rotatable bonds is 3. The lowest BCUT2D eigenvalue weighted by Gasteiger charge is -2.07. The minimum Gasteiger partial charge on any atom is -0.330 e. The zero-order valence-electron chi connectivity index (χ0n) is 7.74. The molecule has 0 amide bonds. The third kappa shape index (κ3) is 1.89. The molecule has 2 heterocycles. The monoisotopic (exact) mass is 180 g/mol. The normalized spacial score (nSPS) is 22.4. The van der Waals surface area contributed by atoms with E-state index < -0.39 is 0 Å². The van der Waals surface area contributed by atoms with Crippen molar-refractivity contribution in [1.29, 1.82) is 0 Å². The fourth-order valence-electron chi connectivity index (χ4n) is 1.74. The zero-order valence-corrected chi connectivity index (χ0v) is 7.74. The van der Waals surface area contributed by atoms with Gasteiger partial charge in [-0.25, -0.2) is 0 Å². The Morgan fingerprint density at radius 3 is 3.31 bits per heavy atom. The summed E-state index contributed by atoms with van der Waals surface area (Å²) < 4.78 is 2.06. The van der Waals surface area contributed by atoms with Crippen LogP contribution >= 0.6 is 0 Å². The second-order valence-corrected chi connectivity index (χ2v) is 3.51. The summed E-state index contributed by atoms with van der Waals surface area (Å²) in [7, 11) is 0. The molecular weight excluding hydrogens is 164 g/mol. The van der Waals surface area contributed by atoms with Crippen molar-refractivity contribution < 1.29 is 0 Å². The maximum absolute atomic E-state index is 5.47. The maximum atomic E-state index is 5.47. The predicted octanol–water partition coefficient (Wildman–Crippen LogP) is -0.0813. The quantitative estimate of drug-likeness (QED) is 0.684. The van der Waals surface area contributed by atoms with Crippen LogP contribution in [0.3, 0.4) is 0 Å². The number of hydrogen-bond acceptors (Lipinski definition) is 3. The molecule has 1 aromatic heterocycles. The van der Waals surface area contributed by atoms with Crippen molar-refractivity contribution in [1.82, 2.24) is 15.1 Å². The van der Waals surface area contributed by atoms with E-state index in [1.165, 1.54) is 12.0 Å². The van der Waals surface area contributed by atoms with Crippen LogP contribution in [0.25, 0.3) is 0 Å². The molecule has 4 nitrogen and oxygen atoms in total. The van der Waals surface area contributed by atoms with Gasteiger partial charge in [0.25, 0.3) is 0 Å². The van der Waals surface area contributed by atoms with Gasteiger partial charge in [0.1, 0.15) is 0 Å². The largest absolute Gasteiger partial charge is 0.330 e. The van der Waals surface area contributed by atoms with E-state index in [1.807, 2.05) is 6.20 Å². The summed E-state index contributed by atoms with van der Waals surface area (Å²) in [5, 5.41) is 7.66. The summed E-state index contributed by atoms with van der Waals surface area (Å²) >= 11 is 0. The van der Waals surface area contributed by atoms with Gasteiger partial charge in [-0.05, 0) is 31.5 Å². The smallest absolute Gasteiger partial charge is 0.0655 e. The van der Waals surface area contributed by atoms with Crippen LogP contribution in [0.4, 0.5) is 0 Å².